The van der Waals surface area contributed by atoms with Gasteiger partial charge in [0.2, 0.25) is 5.91 Å². The molecule has 0 saturated carbocycles. The highest BCUT2D eigenvalue weighted by Gasteiger charge is 2.44. The first-order valence-electron chi connectivity index (χ1n) is 25.4. The van der Waals surface area contributed by atoms with Gasteiger partial charge in [-0.2, -0.15) is 0 Å². The summed E-state index contributed by atoms with van der Waals surface area (Å²) in [5.74, 6) is -0.224. The van der Waals surface area contributed by atoms with E-state index in [1.54, 1.807) is 6.08 Å². The molecule has 1 aliphatic heterocycles. The van der Waals surface area contributed by atoms with Crippen molar-refractivity contribution in [2.45, 2.75) is 204 Å². The quantitative estimate of drug-likeness (QED) is 0.0263. The maximum Gasteiger partial charge on any atom is 0.220 e. The fourth-order valence-corrected chi connectivity index (χ4v) is 6.91. The summed E-state index contributed by atoms with van der Waals surface area (Å²) < 4.78 is 11.2. The molecule has 9 heteroatoms. The van der Waals surface area contributed by atoms with Crippen LogP contribution < -0.4 is 5.32 Å². The Kier molecular flexibility index (Phi) is 41.3. The van der Waals surface area contributed by atoms with Gasteiger partial charge in [-0.3, -0.25) is 4.79 Å². The van der Waals surface area contributed by atoms with Gasteiger partial charge in [-0.1, -0.05) is 180 Å². The van der Waals surface area contributed by atoms with Crippen molar-refractivity contribution in [3.05, 3.63) is 134 Å². The number of aliphatic hydroxyl groups is 5. The lowest BCUT2D eigenvalue weighted by Crippen LogP contribution is -2.60. The first-order chi connectivity index (χ1) is 32.3. The summed E-state index contributed by atoms with van der Waals surface area (Å²) >= 11 is 0. The van der Waals surface area contributed by atoms with Crippen LogP contribution in [0.1, 0.15) is 162 Å². The van der Waals surface area contributed by atoms with Crippen LogP contribution in [0, 0.1) is 0 Å². The van der Waals surface area contributed by atoms with E-state index in [-0.39, 0.29) is 12.5 Å². The van der Waals surface area contributed by atoms with Crippen molar-refractivity contribution in [1.82, 2.24) is 5.32 Å². The first kappa shape index (κ1) is 60.3. The number of rotatable bonds is 40. The van der Waals surface area contributed by atoms with Gasteiger partial charge in [0.1, 0.15) is 24.4 Å². The molecule has 6 N–H and O–H groups in total. The highest BCUT2D eigenvalue weighted by molar-refractivity contribution is 5.76. The molecule has 0 spiro atoms. The molecule has 9 nitrogen and oxygen atoms in total. The minimum Gasteiger partial charge on any atom is -0.394 e. The Bertz CT molecular complexity index is 1480. The number of nitrogens with one attached hydrogen (secondary N) is 1. The van der Waals surface area contributed by atoms with Crippen molar-refractivity contribution in [2.24, 2.45) is 0 Å². The summed E-state index contributed by atoms with van der Waals surface area (Å²) in [5, 5.41) is 54.2. The maximum atomic E-state index is 13.0. The molecule has 0 bridgehead atoms. The zero-order valence-corrected chi connectivity index (χ0v) is 40.9. The summed E-state index contributed by atoms with van der Waals surface area (Å²) in [7, 11) is 0. The zero-order chi connectivity index (χ0) is 48.0. The highest BCUT2D eigenvalue weighted by atomic mass is 16.7. The van der Waals surface area contributed by atoms with Crippen molar-refractivity contribution in [1.29, 1.82) is 0 Å². The van der Waals surface area contributed by atoms with E-state index < -0.39 is 49.5 Å². The number of carbonyl (C=O) groups is 1. The molecular weight excluding hydrogens is 827 g/mol. The third-order valence-electron chi connectivity index (χ3n) is 10.9. The van der Waals surface area contributed by atoms with E-state index in [9.17, 15) is 30.3 Å². The molecule has 0 aromatic heterocycles. The van der Waals surface area contributed by atoms with Crippen molar-refractivity contribution in [2.75, 3.05) is 13.2 Å². The fourth-order valence-electron chi connectivity index (χ4n) is 6.91. The molecule has 7 atom stereocenters. The molecule has 0 aromatic carbocycles. The summed E-state index contributed by atoms with van der Waals surface area (Å²) in [6.07, 6.45) is 62.1. The number of unbranched alkanes of at least 4 members (excludes halogenated alkanes) is 10. The third kappa shape index (κ3) is 34.6. The van der Waals surface area contributed by atoms with Crippen molar-refractivity contribution in [3.8, 4) is 0 Å². The van der Waals surface area contributed by atoms with E-state index in [0.29, 0.717) is 19.3 Å². The Hall–Kier alpha value is -3.67. The summed E-state index contributed by atoms with van der Waals surface area (Å²) in [5.41, 5.74) is 0. The lowest BCUT2D eigenvalue weighted by molar-refractivity contribution is -0.302. The molecular formula is C57H91NO8. The summed E-state index contributed by atoms with van der Waals surface area (Å²) in [6, 6.07) is -0.852. The van der Waals surface area contributed by atoms with Gasteiger partial charge in [0.15, 0.2) is 6.29 Å². The van der Waals surface area contributed by atoms with E-state index in [1.807, 2.05) is 6.08 Å². The predicted octanol–water partition coefficient (Wildman–Crippen LogP) is 11.8. The van der Waals surface area contributed by atoms with Gasteiger partial charge >= 0.3 is 0 Å². The minimum atomic E-state index is -1.59. The van der Waals surface area contributed by atoms with E-state index in [0.717, 1.165) is 103 Å². The van der Waals surface area contributed by atoms with Crippen LogP contribution >= 0.6 is 0 Å². The van der Waals surface area contributed by atoms with Crippen LogP contribution in [0.4, 0.5) is 0 Å². The molecule has 372 valence electrons. The number of hydrogen-bond acceptors (Lipinski definition) is 8. The second-order valence-corrected chi connectivity index (χ2v) is 16.9. The van der Waals surface area contributed by atoms with Gasteiger partial charge < -0.3 is 40.3 Å². The van der Waals surface area contributed by atoms with Crippen molar-refractivity contribution in [3.63, 3.8) is 0 Å². The molecule has 1 fully saturated rings. The third-order valence-corrected chi connectivity index (χ3v) is 10.9. The predicted molar refractivity (Wildman–Crippen MR) is 276 cm³/mol. The second kappa shape index (κ2) is 45.1. The summed E-state index contributed by atoms with van der Waals surface area (Å²) in [6.45, 7) is 3.57. The average molecular weight is 918 g/mol. The van der Waals surface area contributed by atoms with Gasteiger partial charge in [-0.05, 0) is 109 Å². The fraction of sp³-hybridized carbons (Fsp3) is 0.596. The SMILES string of the molecule is CC/C=C\C/C=C\C/C=C\C/C=C\C/C=C\C/C=C\C/C=C\C/C=C\CCCCCCC(=O)NC(COC1OC(CO)C(O)C(O)C1O)C(O)/C=C/CC/C=C/CC/C=C/CCCCCC. The number of allylic oxidation sites excluding steroid dienone is 21. The molecule has 0 aromatic rings. The number of amides is 1. The van der Waals surface area contributed by atoms with Crippen molar-refractivity contribution < 1.29 is 39.8 Å². The molecule has 1 rings (SSSR count). The Morgan fingerprint density at radius 3 is 1.44 bits per heavy atom. The lowest BCUT2D eigenvalue weighted by atomic mass is 9.99. The van der Waals surface area contributed by atoms with Crippen LogP contribution in [-0.4, -0.2) is 87.5 Å². The second-order valence-electron chi connectivity index (χ2n) is 16.9. The molecule has 1 aliphatic rings. The maximum absolute atomic E-state index is 13.0. The van der Waals surface area contributed by atoms with E-state index in [1.165, 1.54) is 25.7 Å². The molecule has 0 aliphatic carbocycles. The molecule has 1 amide bonds. The van der Waals surface area contributed by atoms with E-state index in [2.05, 4.69) is 141 Å². The molecule has 0 radical (unpaired) electrons. The van der Waals surface area contributed by atoms with Gasteiger partial charge in [0.05, 0.1) is 25.4 Å². The zero-order valence-electron chi connectivity index (χ0n) is 40.9. The van der Waals surface area contributed by atoms with Crippen LogP contribution in [0.5, 0.6) is 0 Å². The Labute approximate surface area is 400 Å². The molecule has 66 heavy (non-hydrogen) atoms. The monoisotopic (exact) mass is 918 g/mol. The van der Waals surface area contributed by atoms with Crippen molar-refractivity contribution >= 4 is 5.91 Å². The van der Waals surface area contributed by atoms with Crippen LogP contribution in [-0.2, 0) is 14.3 Å². The molecule has 1 heterocycles. The van der Waals surface area contributed by atoms with Crippen LogP contribution in [0.25, 0.3) is 0 Å². The van der Waals surface area contributed by atoms with Gasteiger partial charge in [0.25, 0.3) is 0 Å². The number of hydrogen-bond donors (Lipinski definition) is 6. The Morgan fingerprint density at radius 2 is 0.955 bits per heavy atom. The molecule has 1 saturated heterocycles. The molecule has 7 unspecified atom stereocenters. The Balaban J connectivity index is 2.33. The lowest BCUT2D eigenvalue weighted by Gasteiger charge is -2.40. The summed E-state index contributed by atoms with van der Waals surface area (Å²) in [4.78, 5) is 13.0. The topological polar surface area (TPSA) is 149 Å². The van der Waals surface area contributed by atoms with E-state index >= 15 is 0 Å². The number of carbonyl (C=O) groups excluding carboxylic acids is 1. The smallest absolute Gasteiger partial charge is 0.220 e. The largest absolute Gasteiger partial charge is 0.394 e. The Morgan fingerprint density at radius 1 is 0.530 bits per heavy atom. The standard InChI is InChI=1S/C57H91NO8/c1-3-5-7-9-11-13-15-17-19-20-21-22-23-24-25-26-27-28-29-30-31-32-33-35-37-39-41-43-45-47-53(61)58-50(49-65-57-56(64)55(63)54(62)52(48-59)66-57)51(60)46-44-42-40-38-36-34-18-16-14-12-10-8-6-4-2/h5,7,11,13-14,16-17,19,21-22,24-25,27-28,30-31,33,35-36,38,44,46,50-52,54-57,59-60,62-64H,3-4,6,8-10,12,15,18,20,23,26,29,32,34,37,39-43,45,47-49H2,1-2H3,(H,58,61)/b7-5-,13-11-,16-14+,19-17-,22-21-,25-24-,28-27-,31-30-,35-33-,38-36+,46-44+. The minimum absolute atomic E-state index is 0.224. The number of ether oxygens (including phenoxy) is 2. The van der Waals surface area contributed by atoms with Crippen LogP contribution in [0.2, 0.25) is 0 Å². The van der Waals surface area contributed by atoms with Gasteiger partial charge in [-0.15, -0.1) is 0 Å². The normalized spacial score (nSPS) is 21.0. The first-order valence-corrected chi connectivity index (χ1v) is 25.4. The average Bonchev–Trinajstić information content (AvgIpc) is 3.32. The van der Waals surface area contributed by atoms with Gasteiger partial charge in [0, 0.05) is 6.42 Å². The van der Waals surface area contributed by atoms with Gasteiger partial charge in [-0.25, -0.2) is 0 Å². The van der Waals surface area contributed by atoms with Crippen LogP contribution in [0.3, 0.4) is 0 Å². The highest BCUT2D eigenvalue weighted by Crippen LogP contribution is 2.22. The number of aliphatic hydroxyl groups excluding tert-OH is 5. The van der Waals surface area contributed by atoms with E-state index in [4.69, 9.17) is 9.47 Å². The van der Waals surface area contributed by atoms with Crippen LogP contribution in [0.15, 0.2) is 134 Å².